The van der Waals surface area contributed by atoms with Crippen LogP contribution in [0, 0.1) is 20.8 Å². The van der Waals surface area contributed by atoms with Crippen LogP contribution in [0.1, 0.15) is 28.3 Å². The molecule has 0 saturated carbocycles. The number of hydrogen-bond acceptors (Lipinski definition) is 4. The topological polar surface area (TPSA) is 27.7 Å². The number of hydrogen-bond donors (Lipinski definition) is 1. The first-order valence-electron chi connectivity index (χ1n) is 8.98. The number of nitrogens with zero attached hydrogens (tertiary/aromatic N) is 2. The predicted octanol–water partition coefficient (Wildman–Crippen LogP) is 1.89. The fraction of sp³-hybridized carbons (Fsp3) is 0.684. The Bertz CT molecular complexity index is 496. The molecule has 2 aliphatic rings. The Morgan fingerprint density at radius 1 is 1.00 bits per heavy atom. The second-order valence-electron chi connectivity index (χ2n) is 7.03. The van der Waals surface area contributed by atoms with Crippen molar-refractivity contribution in [1.29, 1.82) is 0 Å². The molecular formula is C19H31N3O. The Kier molecular flexibility index (Phi) is 5.70. The number of ether oxygens (including phenoxy) is 1. The maximum absolute atomic E-state index is 5.59. The van der Waals surface area contributed by atoms with Crippen LogP contribution in [0.3, 0.4) is 0 Å². The minimum Gasteiger partial charge on any atom is -0.379 e. The molecule has 3 rings (SSSR count). The van der Waals surface area contributed by atoms with E-state index in [1.54, 1.807) is 0 Å². The van der Waals surface area contributed by atoms with E-state index in [4.69, 9.17) is 4.74 Å². The Hall–Kier alpha value is -0.940. The summed E-state index contributed by atoms with van der Waals surface area (Å²) in [4.78, 5) is 5.26. The number of morpholine rings is 1. The number of piperazine rings is 1. The van der Waals surface area contributed by atoms with Crippen LogP contribution >= 0.6 is 0 Å². The minimum atomic E-state index is 0.484. The molecule has 0 radical (unpaired) electrons. The Labute approximate surface area is 140 Å². The van der Waals surface area contributed by atoms with Gasteiger partial charge in [-0.2, -0.15) is 0 Å². The van der Waals surface area contributed by atoms with Crippen molar-refractivity contribution in [3.63, 3.8) is 0 Å². The fourth-order valence-corrected chi connectivity index (χ4v) is 4.13. The fourth-order valence-electron chi connectivity index (χ4n) is 4.13. The molecule has 0 amide bonds. The smallest absolute Gasteiger partial charge is 0.0594 e. The summed E-state index contributed by atoms with van der Waals surface area (Å²) in [6, 6.07) is 5.17. The largest absolute Gasteiger partial charge is 0.379 e. The molecule has 128 valence electrons. The van der Waals surface area contributed by atoms with Crippen molar-refractivity contribution in [3.8, 4) is 0 Å². The first-order chi connectivity index (χ1) is 11.1. The molecule has 1 N–H and O–H groups in total. The third-order valence-electron chi connectivity index (χ3n) is 5.20. The van der Waals surface area contributed by atoms with Crippen molar-refractivity contribution in [3.05, 3.63) is 34.4 Å². The van der Waals surface area contributed by atoms with E-state index in [2.05, 4.69) is 48.0 Å². The van der Waals surface area contributed by atoms with E-state index in [1.165, 1.54) is 22.3 Å². The maximum Gasteiger partial charge on any atom is 0.0594 e. The van der Waals surface area contributed by atoms with Gasteiger partial charge in [0.2, 0.25) is 0 Å². The molecule has 0 aromatic heterocycles. The molecule has 4 nitrogen and oxygen atoms in total. The Balaban J connectivity index is 1.87. The van der Waals surface area contributed by atoms with Gasteiger partial charge >= 0.3 is 0 Å². The summed E-state index contributed by atoms with van der Waals surface area (Å²) < 4.78 is 5.59. The van der Waals surface area contributed by atoms with Crippen molar-refractivity contribution < 1.29 is 4.74 Å². The zero-order valence-electron chi connectivity index (χ0n) is 14.9. The third kappa shape index (κ3) is 4.13. The molecule has 1 aromatic rings. The normalized spacial score (nSPS) is 22.2. The Morgan fingerprint density at radius 3 is 2.22 bits per heavy atom. The van der Waals surface area contributed by atoms with Gasteiger partial charge in [0.05, 0.1) is 13.2 Å². The molecule has 0 aliphatic carbocycles. The molecule has 23 heavy (non-hydrogen) atoms. The highest BCUT2D eigenvalue weighted by atomic mass is 16.5. The molecule has 1 aromatic carbocycles. The molecule has 2 fully saturated rings. The van der Waals surface area contributed by atoms with E-state index in [9.17, 15) is 0 Å². The quantitative estimate of drug-likeness (QED) is 0.918. The van der Waals surface area contributed by atoms with Crippen LogP contribution in [0.25, 0.3) is 0 Å². The summed E-state index contributed by atoms with van der Waals surface area (Å²) >= 11 is 0. The lowest BCUT2D eigenvalue weighted by Crippen LogP contribution is -2.49. The van der Waals surface area contributed by atoms with Gasteiger partial charge in [-0.3, -0.25) is 9.80 Å². The highest BCUT2D eigenvalue weighted by Gasteiger charge is 2.27. The standard InChI is InChI=1S/C19H31N3O/c1-15-12-16(2)19(17(3)13-15)18(22-8-10-23-11-9-22)14-21-6-4-20-5-7-21/h12-13,18,20H,4-11,14H2,1-3H3. The summed E-state index contributed by atoms with van der Waals surface area (Å²) in [5.41, 5.74) is 5.78. The van der Waals surface area contributed by atoms with E-state index in [0.29, 0.717) is 6.04 Å². The lowest BCUT2D eigenvalue weighted by atomic mass is 9.92. The molecule has 4 heteroatoms. The molecule has 0 spiro atoms. The van der Waals surface area contributed by atoms with Crippen LogP contribution in [0.15, 0.2) is 12.1 Å². The zero-order valence-corrected chi connectivity index (χ0v) is 14.9. The average molecular weight is 317 g/mol. The van der Waals surface area contributed by atoms with Crippen LogP contribution in [0.2, 0.25) is 0 Å². The lowest BCUT2D eigenvalue weighted by Gasteiger charge is -2.40. The van der Waals surface area contributed by atoms with E-state index >= 15 is 0 Å². The molecule has 1 unspecified atom stereocenters. The monoisotopic (exact) mass is 317 g/mol. The number of rotatable bonds is 4. The molecular weight excluding hydrogens is 286 g/mol. The van der Waals surface area contributed by atoms with Gasteiger partial charge in [0.25, 0.3) is 0 Å². The van der Waals surface area contributed by atoms with Crippen molar-refractivity contribution in [1.82, 2.24) is 15.1 Å². The second-order valence-corrected chi connectivity index (χ2v) is 7.03. The van der Waals surface area contributed by atoms with Gasteiger partial charge in [0.15, 0.2) is 0 Å². The zero-order chi connectivity index (χ0) is 16.2. The summed E-state index contributed by atoms with van der Waals surface area (Å²) in [7, 11) is 0. The van der Waals surface area contributed by atoms with Gasteiger partial charge in [-0.25, -0.2) is 0 Å². The number of nitrogens with one attached hydrogen (secondary N) is 1. The van der Waals surface area contributed by atoms with Crippen molar-refractivity contribution in [2.45, 2.75) is 26.8 Å². The second kappa shape index (κ2) is 7.75. The van der Waals surface area contributed by atoms with Gasteiger partial charge in [-0.15, -0.1) is 0 Å². The minimum absolute atomic E-state index is 0.484. The van der Waals surface area contributed by atoms with Crippen LogP contribution in [0.5, 0.6) is 0 Å². The van der Waals surface area contributed by atoms with Gasteiger partial charge in [0.1, 0.15) is 0 Å². The van der Waals surface area contributed by atoms with E-state index in [0.717, 1.165) is 59.0 Å². The van der Waals surface area contributed by atoms with Crippen LogP contribution in [-0.4, -0.2) is 68.8 Å². The Morgan fingerprint density at radius 2 is 1.61 bits per heavy atom. The summed E-state index contributed by atoms with van der Waals surface area (Å²) in [6.07, 6.45) is 0. The summed E-state index contributed by atoms with van der Waals surface area (Å²) in [6.45, 7) is 16.2. The van der Waals surface area contributed by atoms with Crippen LogP contribution in [0.4, 0.5) is 0 Å². The number of aryl methyl sites for hydroxylation is 3. The van der Waals surface area contributed by atoms with Crippen molar-refractivity contribution in [2.24, 2.45) is 0 Å². The SMILES string of the molecule is Cc1cc(C)c(C(CN2CCNCC2)N2CCOCC2)c(C)c1. The molecule has 1 atom stereocenters. The van der Waals surface area contributed by atoms with Crippen LogP contribution < -0.4 is 5.32 Å². The highest BCUT2D eigenvalue weighted by molar-refractivity contribution is 5.40. The first-order valence-corrected chi connectivity index (χ1v) is 8.98. The van der Waals surface area contributed by atoms with Crippen molar-refractivity contribution in [2.75, 3.05) is 59.0 Å². The molecule has 2 heterocycles. The summed E-state index contributed by atoms with van der Waals surface area (Å²) in [5, 5.41) is 3.46. The first kappa shape index (κ1) is 16.9. The lowest BCUT2D eigenvalue weighted by molar-refractivity contribution is 0.00639. The highest BCUT2D eigenvalue weighted by Crippen LogP contribution is 2.30. The van der Waals surface area contributed by atoms with Crippen molar-refractivity contribution >= 4 is 0 Å². The van der Waals surface area contributed by atoms with Gasteiger partial charge in [-0.1, -0.05) is 17.7 Å². The summed E-state index contributed by atoms with van der Waals surface area (Å²) in [5.74, 6) is 0. The van der Waals surface area contributed by atoms with Gasteiger partial charge in [-0.05, 0) is 37.5 Å². The predicted molar refractivity (Wildman–Crippen MR) is 95.1 cm³/mol. The third-order valence-corrected chi connectivity index (χ3v) is 5.20. The average Bonchev–Trinajstić information content (AvgIpc) is 2.55. The maximum atomic E-state index is 5.59. The van der Waals surface area contributed by atoms with E-state index in [-0.39, 0.29) is 0 Å². The molecule has 0 bridgehead atoms. The van der Waals surface area contributed by atoms with Crippen LogP contribution in [-0.2, 0) is 4.74 Å². The molecule has 2 aliphatic heterocycles. The van der Waals surface area contributed by atoms with E-state index in [1.807, 2.05) is 0 Å². The van der Waals surface area contributed by atoms with E-state index < -0.39 is 0 Å². The van der Waals surface area contributed by atoms with Gasteiger partial charge < -0.3 is 10.1 Å². The number of benzene rings is 1. The molecule has 2 saturated heterocycles. The van der Waals surface area contributed by atoms with Gasteiger partial charge in [0, 0.05) is 51.9 Å².